The standard InChI is InChI=1S/C24H23F3N4O3/c1-15-22(29-31(28-15)18-6-4-17(5-7-18)24(25,26)27)23(2,3)14-34-19-8-9-20-16(12-19)10-11-30(20)13-21(32)33/h4-12H,13-14H2,1-3H3,(H,32,33). The second-order valence-corrected chi connectivity index (χ2v) is 8.70. The summed E-state index contributed by atoms with van der Waals surface area (Å²) in [7, 11) is 0. The van der Waals surface area contributed by atoms with Gasteiger partial charge in [-0.2, -0.15) is 28.2 Å². The Morgan fingerprint density at radius 1 is 1.06 bits per heavy atom. The smallest absolute Gasteiger partial charge is 0.416 e. The van der Waals surface area contributed by atoms with Crippen LogP contribution in [0.1, 0.15) is 30.8 Å². The van der Waals surface area contributed by atoms with Gasteiger partial charge in [-0.3, -0.25) is 4.79 Å². The fraction of sp³-hybridized carbons (Fsp3) is 0.292. The summed E-state index contributed by atoms with van der Waals surface area (Å²) < 4.78 is 46.2. The molecule has 0 aliphatic rings. The molecule has 7 nitrogen and oxygen atoms in total. The molecule has 0 amide bonds. The number of aliphatic carboxylic acids is 1. The predicted molar refractivity (Wildman–Crippen MR) is 119 cm³/mol. The first-order valence-electron chi connectivity index (χ1n) is 10.5. The third-order valence-electron chi connectivity index (χ3n) is 5.50. The number of nitrogens with zero attached hydrogens (tertiary/aromatic N) is 4. The average molecular weight is 472 g/mol. The highest BCUT2D eigenvalue weighted by Gasteiger charge is 2.31. The van der Waals surface area contributed by atoms with Crippen molar-refractivity contribution in [3.63, 3.8) is 0 Å². The maximum atomic E-state index is 12.8. The van der Waals surface area contributed by atoms with Crippen LogP contribution in [0.2, 0.25) is 0 Å². The molecule has 178 valence electrons. The molecule has 0 unspecified atom stereocenters. The lowest BCUT2D eigenvalue weighted by Crippen LogP contribution is -2.28. The van der Waals surface area contributed by atoms with Crippen LogP contribution in [0, 0.1) is 6.92 Å². The molecule has 0 saturated carbocycles. The fourth-order valence-corrected chi connectivity index (χ4v) is 3.79. The third-order valence-corrected chi connectivity index (χ3v) is 5.50. The molecule has 4 rings (SSSR count). The predicted octanol–water partition coefficient (Wildman–Crippen LogP) is 4.99. The van der Waals surface area contributed by atoms with Gasteiger partial charge in [0.2, 0.25) is 0 Å². The van der Waals surface area contributed by atoms with E-state index in [0.717, 1.165) is 23.0 Å². The largest absolute Gasteiger partial charge is 0.493 e. The molecule has 2 aromatic heterocycles. The molecular weight excluding hydrogens is 449 g/mol. The molecule has 1 N–H and O–H groups in total. The zero-order valence-electron chi connectivity index (χ0n) is 18.8. The van der Waals surface area contributed by atoms with Crippen LogP contribution in [0.4, 0.5) is 13.2 Å². The van der Waals surface area contributed by atoms with Gasteiger partial charge < -0.3 is 14.4 Å². The van der Waals surface area contributed by atoms with Gasteiger partial charge in [0, 0.05) is 22.5 Å². The number of aryl methyl sites for hydroxylation is 1. The summed E-state index contributed by atoms with van der Waals surface area (Å²) in [6, 6.07) is 11.9. The molecule has 0 atom stereocenters. The molecule has 0 bridgehead atoms. The Hall–Kier alpha value is -3.82. The van der Waals surface area contributed by atoms with Crippen LogP contribution in [0.25, 0.3) is 16.6 Å². The van der Waals surface area contributed by atoms with E-state index in [0.29, 0.717) is 22.8 Å². The zero-order valence-corrected chi connectivity index (χ0v) is 18.8. The Labute approximate surface area is 193 Å². The van der Waals surface area contributed by atoms with Gasteiger partial charge in [-0.15, -0.1) is 0 Å². The van der Waals surface area contributed by atoms with Crippen molar-refractivity contribution in [1.82, 2.24) is 19.6 Å². The van der Waals surface area contributed by atoms with Gasteiger partial charge in [-0.1, -0.05) is 13.8 Å². The highest BCUT2D eigenvalue weighted by Crippen LogP contribution is 2.30. The molecule has 2 aromatic carbocycles. The van der Waals surface area contributed by atoms with E-state index in [2.05, 4.69) is 10.2 Å². The highest BCUT2D eigenvalue weighted by molar-refractivity contribution is 5.83. The molecular formula is C24H23F3N4O3. The Kier molecular flexibility index (Phi) is 5.84. The SMILES string of the molecule is Cc1nn(-c2ccc(C(F)(F)F)cc2)nc1C(C)(C)COc1ccc2c(ccn2CC(=O)O)c1. The highest BCUT2D eigenvalue weighted by atomic mass is 19.4. The lowest BCUT2D eigenvalue weighted by molar-refractivity contribution is -0.138. The van der Waals surface area contributed by atoms with Crippen LogP contribution in [-0.4, -0.2) is 37.2 Å². The van der Waals surface area contributed by atoms with Crippen molar-refractivity contribution in [1.29, 1.82) is 0 Å². The normalized spacial score (nSPS) is 12.3. The number of aromatic nitrogens is 4. The minimum atomic E-state index is -4.40. The van der Waals surface area contributed by atoms with E-state index >= 15 is 0 Å². The number of carboxylic acid groups (broad SMARTS) is 1. The van der Waals surface area contributed by atoms with Gasteiger partial charge in [-0.05, 0) is 55.5 Å². The number of carboxylic acids is 1. The van der Waals surface area contributed by atoms with Crippen LogP contribution in [0.15, 0.2) is 54.7 Å². The summed E-state index contributed by atoms with van der Waals surface area (Å²) in [5.41, 5.74) is 1.26. The number of carbonyl (C=O) groups is 1. The molecule has 4 aromatic rings. The van der Waals surface area contributed by atoms with Crippen LogP contribution in [-0.2, 0) is 22.9 Å². The molecule has 0 aliphatic heterocycles. The summed E-state index contributed by atoms with van der Waals surface area (Å²) in [5.74, 6) is -0.291. The van der Waals surface area contributed by atoms with Crippen molar-refractivity contribution in [2.45, 2.75) is 38.9 Å². The average Bonchev–Trinajstić information content (AvgIpc) is 3.35. The van der Waals surface area contributed by atoms with Gasteiger partial charge in [-0.25, -0.2) is 0 Å². The van der Waals surface area contributed by atoms with E-state index in [-0.39, 0.29) is 13.2 Å². The summed E-state index contributed by atoms with van der Waals surface area (Å²) in [6.45, 7) is 5.85. The van der Waals surface area contributed by atoms with E-state index in [9.17, 15) is 18.0 Å². The van der Waals surface area contributed by atoms with E-state index in [1.807, 2.05) is 32.0 Å². The summed E-state index contributed by atoms with van der Waals surface area (Å²) in [4.78, 5) is 12.3. The number of ether oxygens (including phenoxy) is 1. The van der Waals surface area contributed by atoms with Crippen molar-refractivity contribution in [2.24, 2.45) is 0 Å². The molecule has 0 aliphatic carbocycles. The van der Waals surface area contributed by atoms with E-state index in [4.69, 9.17) is 9.84 Å². The number of rotatable bonds is 7. The topological polar surface area (TPSA) is 82.2 Å². The van der Waals surface area contributed by atoms with Gasteiger partial charge >= 0.3 is 12.1 Å². The Morgan fingerprint density at radius 3 is 2.41 bits per heavy atom. The Morgan fingerprint density at radius 2 is 1.76 bits per heavy atom. The van der Waals surface area contributed by atoms with Crippen molar-refractivity contribution in [3.8, 4) is 11.4 Å². The van der Waals surface area contributed by atoms with Crippen molar-refractivity contribution in [3.05, 3.63) is 71.7 Å². The van der Waals surface area contributed by atoms with Gasteiger partial charge in [0.25, 0.3) is 0 Å². The maximum Gasteiger partial charge on any atom is 0.416 e. The first-order chi connectivity index (χ1) is 15.9. The Balaban J connectivity index is 1.50. The van der Waals surface area contributed by atoms with E-state index in [1.165, 1.54) is 16.9 Å². The van der Waals surface area contributed by atoms with Crippen LogP contribution in [0.5, 0.6) is 5.75 Å². The van der Waals surface area contributed by atoms with Crippen LogP contribution in [0.3, 0.4) is 0 Å². The summed E-state index contributed by atoms with van der Waals surface area (Å²) >= 11 is 0. The second-order valence-electron chi connectivity index (χ2n) is 8.70. The number of halogens is 3. The van der Waals surface area contributed by atoms with Crippen molar-refractivity contribution in [2.75, 3.05) is 6.61 Å². The van der Waals surface area contributed by atoms with Crippen molar-refractivity contribution < 1.29 is 27.8 Å². The third kappa shape index (κ3) is 4.75. The quantitative estimate of drug-likeness (QED) is 0.410. The molecule has 10 heteroatoms. The van der Waals surface area contributed by atoms with E-state index < -0.39 is 23.1 Å². The first-order valence-corrected chi connectivity index (χ1v) is 10.5. The van der Waals surface area contributed by atoms with Crippen LogP contribution >= 0.6 is 0 Å². The van der Waals surface area contributed by atoms with Crippen LogP contribution < -0.4 is 4.74 Å². The number of hydrogen-bond acceptors (Lipinski definition) is 4. The number of fused-ring (bicyclic) bond motifs is 1. The fourth-order valence-electron chi connectivity index (χ4n) is 3.79. The summed E-state index contributed by atoms with van der Waals surface area (Å²) in [5, 5.41) is 18.8. The molecule has 0 radical (unpaired) electrons. The minimum Gasteiger partial charge on any atom is -0.493 e. The molecule has 34 heavy (non-hydrogen) atoms. The van der Waals surface area contributed by atoms with Gasteiger partial charge in [0.1, 0.15) is 12.3 Å². The van der Waals surface area contributed by atoms with Crippen molar-refractivity contribution >= 4 is 16.9 Å². The summed E-state index contributed by atoms with van der Waals surface area (Å²) in [6.07, 6.45) is -2.69. The minimum absolute atomic E-state index is 0.120. The molecule has 0 saturated heterocycles. The Bertz CT molecular complexity index is 1340. The lowest BCUT2D eigenvalue weighted by atomic mass is 9.89. The number of alkyl halides is 3. The molecule has 0 fully saturated rings. The molecule has 2 heterocycles. The molecule has 0 spiro atoms. The monoisotopic (exact) mass is 472 g/mol. The lowest BCUT2D eigenvalue weighted by Gasteiger charge is -2.23. The van der Waals surface area contributed by atoms with E-state index in [1.54, 1.807) is 23.8 Å². The van der Waals surface area contributed by atoms with Gasteiger partial charge in [0.15, 0.2) is 0 Å². The number of benzene rings is 2. The first kappa shape index (κ1) is 23.3. The second kappa shape index (κ2) is 8.51. The maximum absolute atomic E-state index is 12.8. The number of hydrogen-bond donors (Lipinski definition) is 1. The zero-order chi connectivity index (χ0) is 24.7. The van der Waals surface area contributed by atoms with Gasteiger partial charge in [0.05, 0.1) is 29.2 Å².